The first-order valence-corrected chi connectivity index (χ1v) is 5.39. The first-order valence-electron chi connectivity index (χ1n) is 5.39. The number of rotatable bonds is 2. The average Bonchev–Trinajstić information content (AvgIpc) is 2.61. The zero-order chi connectivity index (χ0) is 10.3. The van der Waals surface area contributed by atoms with Crippen LogP contribution in [0.15, 0.2) is 36.4 Å². The van der Waals surface area contributed by atoms with Crippen LogP contribution in [-0.2, 0) is 11.2 Å². The van der Waals surface area contributed by atoms with Crippen molar-refractivity contribution in [3.05, 3.63) is 47.5 Å². The summed E-state index contributed by atoms with van der Waals surface area (Å²) in [7, 11) is 1.78. The molecule has 1 aliphatic rings. The molecular formula is C14H14O. The van der Waals surface area contributed by atoms with E-state index in [4.69, 9.17) is 4.74 Å². The van der Waals surface area contributed by atoms with Crippen molar-refractivity contribution in [3.63, 3.8) is 0 Å². The molecule has 0 saturated carbocycles. The Bertz CT molecular complexity index is 496. The minimum atomic E-state index is 0.552. The van der Waals surface area contributed by atoms with E-state index in [9.17, 15) is 0 Å². The van der Waals surface area contributed by atoms with Gasteiger partial charge in [-0.3, -0.25) is 0 Å². The van der Waals surface area contributed by atoms with Crippen molar-refractivity contribution in [2.24, 2.45) is 0 Å². The number of benzene rings is 2. The van der Waals surface area contributed by atoms with Gasteiger partial charge in [0.05, 0.1) is 6.61 Å². The molecule has 1 nitrogen and oxygen atoms in total. The van der Waals surface area contributed by atoms with E-state index < -0.39 is 0 Å². The fourth-order valence-electron chi connectivity index (χ4n) is 2.69. The smallest absolute Gasteiger partial charge is 0.0534 e. The van der Waals surface area contributed by atoms with Gasteiger partial charge in [-0.25, -0.2) is 0 Å². The molecule has 76 valence electrons. The molecule has 2 aromatic rings. The van der Waals surface area contributed by atoms with E-state index >= 15 is 0 Å². The lowest BCUT2D eigenvalue weighted by atomic mass is 10.0. The van der Waals surface area contributed by atoms with Gasteiger partial charge in [0.25, 0.3) is 0 Å². The first kappa shape index (κ1) is 8.93. The molecule has 0 fully saturated rings. The second-order valence-electron chi connectivity index (χ2n) is 4.22. The Morgan fingerprint density at radius 3 is 2.80 bits per heavy atom. The molecule has 0 amide bonds. The highest BCUT2D eigenvalue weighted by molar-refractivity contribution is 5.91. The first-order chi connectivity index (χ1) is 7.40. The van der Waals surface area contributed by atoms with Gasteiger partial charge in [0.1, 0.15) is 0 Å². The van der Waals surface area contributed by atoms with Crippen LogP contribution in [0.1, 0.15) is 17.0 Å². The summed E-state index contributed by atoms with van der Waals surface area (Å²) in [6.45, 7) is 0.827. The van der Waals surface area contributed by atoms with Gasteiger partial charge in [0.15, 0.2) is 0 Å². The predicted molar refractivity (Wildman–Crippen MR) is 62.3 cm³/mol. The summed E-state index contributed by atoms with van der Waals surface area (Å²) in [5.74, 6) is 0.552. The molecule has 0 aromatic heterocycles. The molecule has 0 aliphatic heterocycles. The summed E-state index contributed by atoms with van der Waals surface area (Å²) in [5, 5.41) is 2.82. The SMILES string of the molecule is COCC1Cc2cccc3cccc1c23. The Hall–Kier alpha value is -1.34. The summed E-state index contributed by atoms with van der Waals surface area (Å²) >= 11 is 0. The topological polar surface area (TPSA) is 9.23 Å². The maximum absolute atomic E-state index is 5.29. The van der Waals surface area contributed by atoms with Gasteiger partial charge < -0.3 is 4.74 Å². The Morgan fingerprint density at radius 2 is 2.00 bits per heavy atom. The quantitative estimate of drug-likeness (QED) is 0.720. The zero-order valence-corrected chi connectivity index (χ0v) is 8.86. The van der Waals surface area contributed by atoms with Crippen LogP contribution in [0.5, 0.6) is 0 Å². The molecule has 1 aliphatic carbocycles. The van der Waals surface area contributed by atoms with Crippen molar-refractivity contribution in [3.8, 4) is 0 Å². The van der Waals surface area contributed by atoms with Crippen LogP contribution in [0.4, 0.5) is 0 Å². The lowest BCUT2D eigenvalue weighted by Crippen LogP contribution is -2.04. The molecule has 0 spiro atoms. The Balaban J connectivity index is 2.22. The van der Waals surface area contributed by atoms with Crippen molar-refractivity contribution < 1.29 is 4.74 Å². The molecule has 0 radical (unpaired) electrons. The minimum Gasteiger partial charge on any atom is -0.384 e. The fraction of sp³-hybridized carbons (Fsp3) is 0.286. The van der Waals surface area contributed by atoms with E-state index in [1.54, 1.807) is 7.11 Å². The number of hydrogen-bond acceptors (Lipinski definition) is 1. The van der Waals surface area contributed by atoms with Crippen LogP contribution in [-0.4, -0.2) is 13.7 Å². The summed E-state index contributed by atoms with van der Waals surface area (Å²) < 4.78 is 5.29. The average molecular weight is 198 g/mol. The van der Waals surface area contributed by atoms with E-state index in [0.29, 0.717) is 5.92 Å². The highest BCUT2D eigenvalue weighted by atomic mass is 16.5. The van der Waals surface area contributed by atoms with E-state index in [1.807, 2.05) is 0 Å². The fourth-order valence-corrected chi connectivity index (χ4v) is 2.69. The van der Waals surface area contributed by atoms with Crippen LogP contribution in [0.3, 0.4) is 0 Å². The lowest BCUT2D eigenvalue weighted by Gasteiger charge is -2.09. The molecule has 1 atom stereocenters. The Labute approximate surface area is 89.7 Å². The minimum absolute atomic E-state index is 0.552. The normalized spacial score (nSPS) is 18.6. The van der Waals surface area contributed by atoms with Crippen LogP contribution >= 0.6 is 0 Å². The van der Waals surface area contributed by atoms with Crippen LogP contribution in [0.25, 0.3) is 10.8 Å². The molecule has 1 unspecified atom stereocenters. The maximum atomic E-state index is 5.29. The second-order valence-corrected chi connectivity index (χ2v) is 4.22. The van der Waals surface area contributed by atoms with Gasteiger partial charge in [-0.15, -0.1) is 0 Å². The van der Waals surface area contributed by atoms with Crippen molar-refractivity contribution in [2.75, 3.05) is 13.7 Å². The third-order valence-electron chi connectivity index (χ3n) is 3.30. The largest absolute Gasteiger partial charge is 0.384 e. The van der Waals surface area contributed by atoms with Gasteiger partial charge in [-0.1, -0.05) is 36.4 Å². The van der Waals surface area contributed by atoms with E-state index in [2.05, 4.69) is 36.4 Å². The Morgan fingerprint density at radius 1 is 1.20 bits per heavy atom. The van der Waals surface area contributed by atoms with Crippen LogP contribution < -0.4 is 0 Å². The van der Waals surface area contributed by atoms with Gasteiger partial charge in [-0.2, -0.15) is 0 Å². The highest BCUT2D eigenvalue weighted by Crippen LogP contribution is 2.38. The van der Waals surface area contributed by atoms with Gasteiger partial charge in [0.2, 0.25) is 0 Å². The van der Waals surface area contributed by atoms with Crippen LogP contribution in [0, 0.1) is 0 Å². The summed E-state index contributed by atoms with van der Waals surface area (Å²) in [6.07, 6.45) is 1.13. The van der Waals surface area contributed by atoms with Gasteiger partial charge >= 0.3 is 0 Å². The highest BCUT2D eigenvalue weighted by Gasteiger charge is 2.23. The number of ether oxygens (including phenoxy) is 1. The predicted octanol–water partition coefficient (Wildman–Crippen LogP) is 3.13. The second kappa shape index (κ2) is 3.35. The van der Waals surface area contributed by atoms with Crippen molar-refractivity contribution in [1.29, 1.82) is 0 Å². The third-order valence-corrected chi connectivity index (χ3v) is 3.30. The lowest BCUT2D eigenvalue weighted by molar-refractivity contribution is 0.181. The standard InChI is InChI=1S/C14H14O/c1-15-9-12-8-11-6-2-4-10-5-3-7-13(12)14(10)11/h2-7,12H,8-9H2,1H3. The Kier molecular flexibility index (Phi) is 2.00. The third kappa shape index (κ3) is 1.27. The molecule has 0 saturated heterocycles. The molecule has 0 N–H and O–H groups in total. The molecule has 3 rings (SSSR count). The zero-order valence-electron chi connectivity index (χ0n) is 8.86. The summed E-state index contributed by atoms with van der Waals surface area (Å²) in [4.78, 5) is 0. The molecule has 0 heterocycles. The van der Waals surface area contributed by atoms with E-state index in [0.717, 1.165) is 13.0 Å². The molecule has 2 aromatic carbocycles. The van der Waals surface area contributed by atoms with Crippen molar-refractivity contribution >= 4 is 10.8 Å². The van der Waals surface area contributed by atoms with E-state index in [1.165, 1.54) is 21.9 Å². The molecule has 0 bridgehead atoms. The van der Waals surface area contributed by atoms with E-state index in [-0.39, 0.29) is 0 Å². The monoisotopic (exact) mass is 198 g/mol. The molecule has 1 heteroatoms. The maximum Gasteiger partial charge on any atom is 0.0534 e. The van der Waals surface area contributed by atoms with Gasteiger partial charge in [0, 0.05) is 13.0 Å². The number of hydrogen-bond donors (Lipinski definition) is 0. The van der Waals surface area contributed by atoms with Gasteiger partial charge in [-0.05, 0) is 28.3 Å². The summed E-state index contributed by atoms with van der Waals surface area (Å²) in [5.41, 5.74) is 2.94. The molecule has 15 heavy (non-hydrogen) atoms. The van der Waals surface area contributed by atoms with Crippen molar-refractivity contribution in [1.82, 2.24) is 0 Å². The number of methoxy groups -OCH3 is 1. The summed E-state index contributed by atoms with van der Waals surface area (Å²) in [6, 6.07) is 13.2. The van der Waals surface area contributed by atoms with Crippen LogP contribution in [0.2, 0.25) is 0 Å². The van der Waals surface area contributed by atoms with Crippen molar-refractivity contribution in [2.45, 2.75) is 12.3 Å². The molecular weight excluding hydrogens is 184 g/mol.